The minimum atomic E-state index is -0.865. The van der Waals surface area contributed by atoms with E-state index >= 15 is 0 Å². The van der Waals surface area contributed by atoms with Crippen LogP contribution in [0.3, 0.4) is 0 Å². The lowest BCUT2D eigenvalue weighted by molar-refractivity contribution is -0.138. The molecule has 1 saturated carbocycles. The molecule has 1 unspecified atom stereocenters. The predicted molar refractivity (Wildman–Crippen MR) is 161 cm³/mol. The van der Waals surface area contributed by atoms with Crippen LogP contribution in [0.15, 0.2) is 41.4 Å². The molecule has 45 heavy (non-hydrogen) atoms. The smallest absolute Gasteiger partial charge is 0.430 e. The summed E-state index contributed by atoms with van der Waals surface area (Å²) in [5, 5.41) is 7.90. The quantitative estimate of drug-likeness (QED) is 0.173. The van der Waals surface area contributed by atoms with Gasteiger partial charge < -0.3 is 19.7 Å². The van der Waals surface area contributed by atoms with E-state index in [9.17, 15) is 19.2 Å². The van der Waals surface area contributed by atoms with Gasteiger partial charge in [-0.3, -0.25) is 24.0 Å². The number of aromatic nitrogens is 6. The Morgan fingerprint density at radius 3 is 2.60 bits per heavy atom. The number of nitrogens with one attached hydrogen (secondary N) is 1. The number of nitrogens with zero attached hydrogens (tertiary/aromatic N) is 7. The van der Waals surface area contributed by atoms with E-state index in [0.717, 1.165) is 5.56 Å². The van der Waals surface area contributed by atoms with E-state index in [1.807, 2.05) is 13.0 Å². The zero-order chi connectivity index (χ0) is 31.6. The number of carbonyl (C=O) groups is 4. The highest BCUT2D eigenvalue weighted by Crippen LogP contribution is 2.63. The Bertz CT molecular complexity index is 1910. The van der Waals surface area contributed by atoms with Crippen LogP contribution in [0.5, 0.6) is 0 Å². The second-order valence-electron chi connectivity index (χ2n) is 11.6. The first kappa shape index (κ1) is 29.0. The van der Waals surface area contributed by atoms with Gasteiger partial charge in [-0.25, -0.2) is 19.7 Å². The highest BCUT2D eigenvalue weighted by Gasteiger charge is 2.72. The number of carbonyl (C=O) groups excluding carboxylic acids is 4. The van der Waals surface area contributed by atoms with Crippen LogP contribution >= 0.6 is 15.9 Å². The molecule has 230 valence electrons. The van der Waals surface area contributed by atoms with E-state index in [2.05, 4.69) is 46.3 Å². The van der Waals surface area contributed by atoms with Gasteiger partial charge in [-0.05, 0) is 60.3 Å². The van der Waals surface area contributed by atoms with E-state index in [1.165, 1.54) is 11.6 Å². The van der Waals surface area contributed by atoms with Crippen molar-refractivity contribution in [2.75, 3.05) is 11.9 Å². The van der Waals surface area contributed by atoms with Crippen LogP contribution in [0, 0.1) is 19.3 Å². The Kier molecular flexibility index (Phi) is 6.87. The van der Waals surface area contributed by atoms with Crippen molar-refractivity contribution >= 4 is 56.4 Å². The summed E-state index contributed by atoms with van der Waals surface area (Å²) in [5.41, 5.74) is 2.05. The van der Waals surface area contributed by atoms with Crippen molar-refractivity contribution in [3.8, 4) is 11.3 Å². The Balaban J connectivity index is 1.21. The number of anilines is 1. The molecule has 3 aliphatic rings. The maximum absolute atomic E-state index is 14.1. The second kappa shape index (κ2) is 10.7. The van der Waals surface area contributed by atoms with Crippen molar-refractivity contribution < 1.29 is 28.7 Å². The molecular formula is C30H27BrN8O6. The summed E-state index contributed by atoms with van der Waals surface area (Å²) in [6, 6.07) is 4.10. The number of hydrogen-bond acceptors (Lipinski definition) is 11. The number of likely N-dealkylation sites (tertiary alicyclic amines) is 1. The summed E-state index contributed by atoms with van der Waals surface area (Å²) in [5.74, 6) is -0.0691. The first-order valence-electron chi connectivity index (χ1n) is 14.3. The van der Waals surface area contributed by atoms with Gasteiger partial charge in [0.05, 0.1) is 17.4 Å². The number of hydrogen-bond donors (Lipinski definition) is 1. The Hall–Kier alpha value is -4.79. The Morgan fingerprint density at radius 1 is 1.11 bits per heavy atom. The summed E-state index contributed by atoms with van der Waals surface area (Å²) in [6.45, 7) is 4.82. The molecular weight excluding hydrogens is 648 g/mol. The lowest BCUT2D eigenvalue weighted by atomic mass is 9.93. The standard InChI is InChI=1S/C30H27BrN8O6/c1-14-4-5-24(31)35-27(14)36-28(42)20-7-30(23-13-44-29(43)45-23)8-22(30)39(20)25(41)12-38-21-11-34-19(17-9-32-16(3)33-10-17)6-18(21)26(37-38)15(2)40/h4-6,9-11,20,22-23H,7-8,12-13H2,1-3H3,(H,35,36,42)/t20-,22+,23?,30+/m0/s1. The SMILES string of the molecule is CC(=O)c1nn(CC(=O)N2[C@H](C(=O)Nc3nc(Br)ccc3C)C[C@@]3(C4COC(=O)O4)C[C@@H]23)c2cnc(-c3cnc(C)nc3)cc12. The number of cyclic esters (lactones) is 2. The number of aryl methyl sites for hydroxylation is 2. The van der Waals surface area contributed by atoms with Gasteiger partial charge >= 0.3 is 6.16 Å². The zero-order valence-corrected chi connectivity index (χ0v) is 26.1. The molecule has 14 nitrogen and oxygen atoms in total. The fourth-order valence-electron chi connectivity index (χ4n) is 6.40. The topological polar surface area (TPSA) is 171 Å². The molecule has 2 saturated heterocycles. The zero-order valence-electron chi connectivity index (χ0n) is 24.5. The number of pyridine rings is 2. The van der Waals surface area contributed by atoms with Crippen molar-refractivity contribution in [1.82, 2.24) is 34.6 Å². The Morgan fingerprint density at radius 2 is 1.89 bits per heavy atom. The summed E-state index contributed by atoms with van der Waals surface area (Å²) < 4.78 is 12.5. The van der Waals surface area contributed by atoms with E-state index in [-0.39, 0.29) is 43.0 Å². The highest BCUT2D eigenvalue weighted by atomic mass is 79.9. The summed E-state index contributed by atoms with van der Waals surface area (Å²) in [7, 11) is 0. The van der Waals surface area contributed by atoms with Crippen LogP contribution in [-0.2, 0) is 25.6 Å². The van der Waals surface area contributed by atoms with Crippen LogP contribution in [0.25, 0.3) is 22.2 Å². The van der Waals surface area contributed by atoms with Crippen LogP contribution in [0.1, 0.15) is 41.6 Å². The molecule has 1 N–H and O–H groups in total. The third-order valence-corrected chi connectivity index (χ3v) is 9.22. The lowest BCUT2D eigenvalue weighted by Crippen LogP contribution is -2.47. The molecule has 2 amide bonds. The van der Waals surface area contributed by atoms with Gasteiger partial charge in [-0.15, -0.1) is 0 Å². The lowest BCUT2D eigenvalue weighted by Gasteiger charge is -2.27. The predicted octanol–water partition coefficient (Wildman–Crippen LogP) is 3.40. The monoisotopic (exact) mass is 674 g/mol. The first-order chi connectivity index (χ1) is 21.5. The van der Waals surface area contributed by atoms with Crippen LogP contribution in [0.4, 0.5) is 10.6 Å². The number of ketones is 1. The minimum Gasteiger partial charge on any atom is -0.430 e. The fourth-order valence-corrected chi connectivity index (χ4v) is 6.71. The van der Waals surface area contributed by atoms with E-state index < -0.39 is 29.6 Å². The maximum atomic E-state index is 14.1. The largest absolute Gasteiger partial charge is 0.508 e. The number of amides is 2. The molecule has 4 atom stereocenters. The maximum Gasteiger partial charge on any atom is 0.508 e. The molecule has 0 radical (unpaired) electrons. The molecule has 3 fully saturated rings. The second-order valence-corrected chi connectivity index (χ2v) is 12.4. The van der Waals surface area contributed by atoms with Gasteiger partial charge in [0.15, 0.2) is 5.78 Å². The molecule has 4 aromatic heterocycles. The third kappa shape index (κ3) is 5.00. The molecule has 4 aromatic rings. The fraction of sp³-hybridized carbons (Fsp3) is 0.367. The average molecular weight is 676 g/mol. The van der Waals surface area contributed by atoms with Crippen molar-refractivity contribution in [2.24, 2.45) is 5.41 Å². The normalized spacial score (nSPS) is 23.4. The summed E-state index contributed by atoms with van der Waals surface area (Å²) in [4.78, 5) is 71.2. The number of ether oxygens (including phenoxy) is 2. The minimum absolute atomic E-state index is 0.0593. The van der Waals surface area contributed by atoms with Crippen LogP contribution < -0.4 is 5.32 Å². The number of piperidine rings is 1. The van der Waals surface area contributed by atoms with Crippen LogP contribution in [0.2, 0.25) is 0 Å². The average Bonchev–Trinajstić information content (AvgIpc) is 3.28. The molecule has 1 aliphatic carbocycles. The van der Waals surface area contributed by atoms with Crippen molar-refractivity contribution in [3.05, 3.63) is 58.5 Å². The molecule has 15 heteroatoms. The van der Waals surface area contributed by atoms with Gasteiger partial charge in [0.25, 0.3) is 0 Å². The van der Waals surface area contributed by atoms with E-state index in [1.54, 1.807) is 42.5 Å². The van der Waals surface area contributed by atoms with Gasteiger partial charge in [-0.1, -0.05) is 6.07 Å². The summed E-state index contributed by atoms with van der Waals surface area (Å²) in [6.07, 6.45) is 4.36. The highest BCUT2D eigenvalue weighted by molar-refractivity contribution is 9.10. The van der Waals surface area contributed by atoms with Crippen molar-refractivity contribution in [3.63, 3.8) is 0 Å². The number of fused-ring (bicyclic) bond motifs is 2. The van der Waals surface area contributed by atoms with Gasteiger partial charge in [0, 0.05) is 41.7 Å². The Labute approximate surface area is 264 Å². The van der Waals surface area contributed by atoms with E-state index in [0.29, 0.717) is 44.8 Å². The molecule has 7 rings (SSSR count). The molecule has 0 bridgehead atoms. The van der Waals surface area contributed by atoms with Gasteiger partial charge in [0.1, 0.15) is 47.2 Å². The van der Waals surface area contributed by atoms with Gasteiger partial charge in [0.2, 0.25) is 11.8 Å². The number of rotatable bonds is 7. The number of halogens is 1. The first-order valence-corrected chi connectivity index (χ1v) is 15.1. The molecule has 6 heterocycles. The van der Waals surface area contributed by atoms with Gasteiger partial charge in [-0.2, -0.15) is 5.10 Å². The molecule has 2 aliphatic heterocycles. The van der Waals surface area contributed by atoms with E-state index in [4.69, 9.17) is 9.47 Å². The van der Waals surface area contributed by atoms with Crippen LogP contribution in [-0.4, -0.2) is 83.2 Å². The van der Waals surface area contributed by atoms with Crippen molar-refractivity contribution in [1.29, 1.82) is 0 Å². The van der Waals surface area contributed by atoms with Crippen molar-refractivity contribution in [2.45, 2.75) is 58.3 Å². The number of Topliss-reactive ketones (excluding diaryl/α,β-unsaturated/α-hetero) is 1. The summed E-state index contributed by atoms with van der Waals surface area (Å²) >= 11 is 3.34. The molecule has 0 aromatic carbocycles. The molecule has 0 spiro atoms. The third-order valence-electron chi connectivity index (χ3n) is 8.78.